The zero-order chi connectivity index (χ0) is 13.0. The van der Waals surface area contributed by atoms with E-state index in [4.69, 9.17) is 18.0 Å². The number of thiocarbonyl (C=S) groups is 1. The summed E-state index contributed by atoms with van der Waals surface area (Å²) in [6, 6.07) is 8.16. The van der Waals surface area contributed by atoms with Gasteiger partial charge in [-0.25, -0.2) is 4.39 Å². The van der Waals surface area contributed by atoms with Crippen LogP contribution in [0.2, 0.25) is 0 Å². The van der Waals surface area contributed by atoms with Crippen LogP contribution in [-0.4, -0.2) is 15.2 Å². The lowest BCUT2D eigenvalue weighted by atomic mass is 10.2. The minimum Gasteiger partial charge on any atom is -0.389 e. The average Bonchev–Trinajstić information content (AvgIpc) is 2.38. The lowest BCUT2D eigenvalue weighted by molar-refractivity contribution is 0.629. The summed E-state index contributed by atoms with van der Waals surface area (Å²) in [5, 5.41) is 10.6. The summed E-state index contributed by atoms with van der Waals surface area (Å²) >= 11 is 4.78. The molecule has 0 saturated carbocycles. The predicted molar refractivity (Wildman–Crippen MR) is 71.6 cm³/mol. The maximum Gasteiger partial charge on any atom is 0.146 e. The van der Waals surface area contributed by atoms with Crippen LogP contribution in [-0.2, 0) is 6.54 Å². The number of nitrogens with two attached hydrogens (primary N) is 1. The minimum atomic E-state index is -0.399. The Morgan fingerprint density at radius 3 is 2.83 bits per heavy atom. The van der Waals surface area contributed by atoms with Gasteiger partial charge in [0.25, 0.3) is 0 Å². The number of nitrogens with zero attached hydrogens (tertiary/aromatic N) is 2. The van der Waals surface area contributed by atoms with Crippen LogP contribution in [0, 0.1) is 5.82 Å². The summed E-state index contributed by atoms with van der Waals surface area (Å²) in [5.74, 6) is -0.399. The minimum absolute atomic E-state index is 0.175. The van der Waals surface area contributed by atoms with Crippen molar-refractivity contribution < 1.29 is 4.39 Å². The van der Waals surface area contributed by atoms with Crippen LogP contribution in [0.3, 0.4) is 0 Å². The second kappa shape index (κ2) is 5.50. The molecule has 0 saturated heterocycles. The van der Waals surface area contributed by atoms with Gasteiger partial charge in [-0.1, -0.05) is 12.2 Å². The molecule has 2 aromatic rings. The van der Waals surface area contributed by atoms with Crippen LogP contribution in [0.1, 0.15) is 11.3 Å². The van der Waals surface area contributed by atoms with Crippen molar-refractivity contribution in [2.75, 3.05) is 5.32 Å². The third-order valence-corrected chi connectivity index (χ3v) is 2.58. The molecule has 0 atom stereocenters. The standard InChI is InChI=1S/C12H11FN4S/c13-10-6-8(12(14)18)3-4-11(10)15-7-9-2-1-5-16-17-9/h1-6,15H,7H2,(H2,14,18). The van der Waals surface area contributed by atoms with Crippen LogP contribution < -0.4 is 11.1 Å². The molecule has 4 nitrogen and oxygen atoms in total. The number of anilines is 1. The van der Waals surface area contributed by atoms with Gasteiger partial charge in [-0.3, -0.25) is 0 Å². The van der Waals surface area contributed by atoms with Gasteiger partial charge in [-0.15, -0.1) is 0 Å². The molecule has 92 valence electrons. The Bertz CT molecular complexity index is 559. The van der Waals surface area contributed by atoms with Crippen LogP contribution >= 0.6 is 12.2 Å². The quantitative estimate of drug-likeness (QED) is 0.823. The van der Waals surface area contributed by atoms with E-state index in [-0.39, 0.29) is 4.99 Å². The van der Waals surface area contributed by atoms with Gasteiger partial charge in [0.1, 0.15) is 10.8 Å². The lowest BCUT2D eigenvalue weighted by Crippen LogP contribution is -2.10. The molecule has 3 N–H and O–H groups in total. The first-order valence-corrected chi connectivity index (χ1v) is 5.67. The highest BCUT2D eigenvalue weighted by atomic mass is 32.1. The van der Waals surface area contributed by atoms with Gasteiger partial charge in [0.15, 0.2) is 0 Å². The Labute approximate surface area is 109 Å². The first-order chi connectivity index (χ1) is 8.66. The first-order valence-electron chi connectivity index (χ1n) is 5.26. The van der Waals surface area contributed by atoms with E-state index in [0.717, 1.165) is 5.69 Å². The zero-order valence-corrected chi connectivity index (χ0v) is 10.2. The van der Waals surface area contributed by atoms with E-state index in [9.17, 15) is 4.39 Å². The van der Waals surface area contributed by atoms with Crippen LogP contribution in [0.15, 0.2) is 36.5 Å². The predicted octanol–water partition coefficient (Wildman–Crippen LogP) is 1.86. The largest absolute Gasteiger partial charge is 0.389 e. The van der Waals surface area contributed by atoms with E-state index < -0.39 is 5.82 Å². The molecule has 0 aliphatic carbocycles. The second-order valence-electron chi connectivity index (χ2n) is 3.63. The van der Waals surface area contributed by atoms with Gasteiger partial charge < -0.3 is 11.1 Å². The zero-order valence-electron chi connectivity index (χ0n) is 9.43. The number of halogens is 1. The number of rotatable bonds is 4. The summed E-state index contributed by atoms with van der Waals surface area (Å²) in [4.78, 5) is 0.175. The molecule has 18 heavy (non-hydrogen) atoms. The summed E-state index contributed by atoms with van der Waals surface area (Å²) in [5.41, 5.74) is 7.04. The molecule has 0 aliphatic heterocycles. The summed E-state index contributed by atoms with van der Waals surface area (Å²) < 4.78 is 13.7. The maximum absolute atomic E-state index is 13.7. The number of benzene rings is 1. The smallest absolute Gasteiger partial charge is 0.146 e. The molecule has 1 aromatic carbocycles. The maximum atomic E-state index is 13.7. The SMILES string of the molecule is NC(=S)c1ccc(NCc2cccnn2)c(F)c1. The highest BCUT2D eigenvalue weighted by Crippen LogP contribution is 2.16. The van der Waals surface area contributed by atoms with Gasteiger partial charge in [-0.2, -0.15) is 10.2 Å². The molecule has 0 unspecified atom stereocenters. The second-order valence-corrected chi connectivity index (χ2v) is 4.07. The van der Waals surface area contributed by atoms with E-state index in [1.165, 1.54) is 6.07 Å². The van der Waals surface area contributed by atoms with Crippen molar-refractivity contribution in [3.05, 3.63) is 53.6 Å². The van der Waals surface area contributed by atoms with Gasteiger partial charge in [0.2, 0.25) is 0 Å². The van der Waals surface area contributed by atoms with E-state index in [1.807, 2.05) is 0 Å². The Balaban J connectivity index is 2.08. The van der Waals surface area contributed by atoms with Crippen molar-refractivity contribution in [2.24, 2.45) is 5.73 Å². The molecule has 1 heterocycles. The summed E-state index contributed by atoms with van der Waals surface area (Å²) in [6.45, 7) is 0.400. The fraction of sp³-hybridized carbons (Fsp3) is 0.0833. The molecular formula is C12H11FN4S. The molecule has 0 radical (unpaired) electrons. The van der Waals surface area contributed by atoms with Gasteiger partial charge in [0.05, 0.1) is 17.9 Å². The molecule has 1 aromatic heterocycles. The third kappa shape index (κ3) is 2.98. The van der Waals surface area contributed by atoms with E-state index in [2.05, 4.69) is 15.5 Å². The van der Waals surface area contributed by atoms with Gasteiger partial charge >= 0.3 is 0 Å². The number of hydrogen-bond acceptors (Lipinski definition) is 4. The highest BCUT2D eigenvalue weighted by Gasteiger charge is 2.05. The molecular weight excluding hydrogens is 251 g/mol. The average molecular weight is 262 g/mol. The first kappa shape index (κ1) is 12.4. The van der Waals surface area contributed by atoms with Gasteiger partial charge in [0, 0.05) is 11.8 Å². The van der Waals surface area contributed by atoms with Crippen molar-refractivity contribution >= 4 is 22.9 Å². The fourth-order valence-corrected chi connectivity index (χ4v) is 1.55. The molecule has 0 bridgehead atoms. The monoisotopic (exact) mass is 262 g/mol. The molecule has 0 aliphatic rings. The van der Waals surface area contributed by atoms with E-state index >= 15 is 0 Å². The summed E-state index contributed by atoms with van der Waals surface area (Å²) in [7, 11) is 0. The Hall–Kier alpha value is -2.08. The highest BCUT2D eigenvalue weighted by molar-refractivity contribution is 7.80. The van der Waals surface area contributed by atoms with Crippen molar-refractivity contribution in [2.45, 2.75) is 6.54 Å². The fourth-order valence-electron chi connectivity index (χ4n) is 1.43. The molecule has 0 fully saturated rings. The van der Waals surface area contributed by atoms with Crippen molar-refractivity contribution in [3.8, 4) is 0 Å². The Morgan fingerprint density at radius 2 is 2.22 bits per heavy atom. The molecule has 2 rings (SSSR count). The van der Waals surface area contributed by atoms with Crippen molar-refractivity contribution in [1.82, 2.24) is 10.2 Å². The Kier molecular flexibility index (Phi) is 3.78. The molecule has 6 heteroatoms. The lowest BCUT2D eigenvalue weighted by Gasteiger charge is -2.08. The van der Waals surface area contributed by atoms with Crippen LogP contribution in [0.4, 0.5) is 10.1 Å². The molecule has 0 amide bonds. The summed E-state index contributed by atoms with van der Waals surface area (Å²) in [6.07, 6.45) is 1.58. The molecule has 0 spiro atoms. The number of hydrogen-bond donors (Lipinski definition) is 2. The van der Waals surface area contributed by atoms with E-state index in [0.29, 0.717) is 17.8 Å². The van der Waals surface area contributed by atoms with Crippen LogP contribution in [0.25, 0.3) is 0 Å². The topological polar surface area (TPSA) is 63.8 Å². The van der Waals surface area contributed by atoms with Gasteiger partial charge in [-0.05, 0) is 30.3 Å². The van der Waals surface area contributed by atoms with Crippen molar-refractivity contribution in [3.63, 3.8) is 0 Å². The number of nitrogens with one attached hydrogen (secondary N) is 1. The Morgan fingerprint density at radius 1 is 1.39 bits per heavy atom. The van der Waals surface area contributed by atoms with Crippen LogP contribution in [0.5, 0.6) is 0 Å². The van der Waals surface area contributed by atoms with E-state index in [1.54, 1.807) is 30.5 Å². The van der Waals surface area contributed by atoms with Crippen molar-refractivity contribution in [1.29, 1.82) is 0 Å². The normalized spacial score (nSPS) is 10.1. The third-order valence-electron chi connectivity index (χ3n) is 2.34. The number of aromatic nitrogens is 2.